The maximum absolute atomic E-state index is 3.30. The molecule has 0 aromatic rings. The molecule has 0 aliphatic heterocycles. The van der Waals surface area contributed by atoms with E-state index in [1.807, 2.05) is 6.20 Å². The van der Waals surface area contributed by atoms with Crippen LogP contribution < -0.4 is 5.32 Å². The van der Waals surface area contributed by atoms with Gasteiger partial charge in [0.15, 0.2) is 0 Å². The van der Waals surface area contributed by atoms with Crippen molar-refractivity contribution in [3.8, 4) is 0 Å². The number of hydrogen-bond donors (Lipinski definition) is 1. The van der Waals surface area contributed by atoms with Gasteiger partial charge in [-0.15, -0.1) is 0 Å². The van der Waals surface area contributed by atoms with Crippen LogP contribution in [0.4, 0.5) is 0 Å². The summed E-state index contributed by atoms with van der Waals surface area (Å²) in [4.78, 5) is 0. The van der Waals surface area contributed by atoms with Crippen molar-refractivity contribution >= 4 is 0 Å². The molecule has 0 fully saturated rings. The van der Waals surface area contributed by atoms with E-state index in [1.165, 1.54) is 0 Å². The highest BCUT2D eigenvalue weighted by molar-refractivity contribution is 4.93. The second-order valence-corrected chi connectivity index (χ2v) is 5.09. The molecular weight excluding hydrogens is 134 g/mol. The Hall–Kier alpha value is -0.460. The fourth-order valence-corrected chi connectivity index (χ4v) is 0.542. The normalized spacial score (nSPS) is 14.0. The van der Waals surface area contributed by atoms with Crippen LogP contribution >= 0.6 is 0 Å². The molecule has 0 aromatic carbocycles. The lowest BCUT2D eigenvalue weighted by Gasteiger charge is -2.20. The van der Waals surface area contributed by atoms with E-state index < -0.39 is 0 Å². The van der Waals surface area contributed by atoms with Crippen LogP contribution in [0.5, 0.6) is 0 Å². The zero-order valence-electron chi connectivity index (χ0n) is 8.65. The summed E-state index contributed by atoms with van der Waals surface area (Å²) < 4.78 is 0. The first-order valence-corrected chi connectivity index (χ1v) is 4.16. The largest absolute Gasteiger partial charge is 0.387 e. The van der Waals surface area contributed by atoms with Gasteiger partial charge in [-0.3, -0.25) is 0 Å². The summed E-state index contributed by atoms with van der Waals surface area (Å²) in [5.41, 5.74) is 0.458. The van der Waals surface area contributed by atoms with E-state index in [-0.39, 0.29) is 11.0 Å². The SMILES string of the molecule is CC(C)(C)/C=C\NC(C)(C)C. The van der Waals surface area contributed by atoms with Crippen LogP contribution in [0, 0.1) is 5.41 Å². The van der Waals surface area contributed by atoms with Crippen molar-refractivity contribution in [1.29, 1.82) is 0 Å². The average molecular weight is 155 g/mol. The molecule has 0 saturated heterocycles. The van der Waals surface area contributed by atoms with Crippen LogP contribution in [-0.2, 0) is 0 Å². The predicted octanol–water partition coefficient (Wildman–Crippen LogP) is 2.93. The third kappa shape index (κ3) is 9.54. The minimum Gasteiger partial charge on any atom is -0.387 e. The molecule has 0 aliphatic carbocycles. The van der Waals surface area contributed by atoms with Gasteiger partial charge in [0, 0.05) is 5.54 Å². The second-order valence-electron chi connectivity index (χ2n) is 5.09. The fraction of sp³-hybridized carbons (Fsp3) is 0.800. The third-order valence-electron chi connectivity index (χ3n) is 1.10. The van der Waals surface area contributed by atoms with E-state index in [1.54, 1.807) is 0 Å². The molecule has 0 unspecified atom stereocenters. The lowest BCUT2D eigenvalue weighted by molar-refractivity contribution is 0.479. The number of allylic oxidation sites excluding steroid dienone is 1. The Kier molecular flexibility index (Phi) is 3.15. The second kappa shape index (κ2) is 3.29. The Labute approximate surface area is 70.9 Å². The van der Waals surface area contributed by atoms with Crippen LogP contribution in [0.25, 0.3) is 0 Å². The average Bonchev–Trinajstić information content (AvgIpc) is 1.55. The molecule has 0 spiro atoms. The summed E-state index contributed by atoms with van der Waals surface area (Å²) in [7, 11) is 0. The fourth-order valence-electron chi connectivity index (χ4n) is 0.542. The molecule has 0 aromatic heterocycles. The molecule has 0 atom stereocenters. The predicted molar refractivity (Wildman–Crippen MR) is 51.5 cm³/mol. The summed E-state index contributed by atoms with van der Waals surface area (Å²) in [6, 6.07) is 0. The zero-order valence-corrected chi connectivity index (χ0v) is 8.65. The van der Waals surface area contributed by atoms with Crippen LogP contribution in [0.3, 0.4) is 0 Å². The first-order valence-electron chi connectivity index (χ1n) is 4.16. The molecule has 66 valence electrons. The Balaban J connectivity index is 3.80. The van der Waals surface area contributed by atoms with Gasteiger partial charge < -0.3 is 5.32 Å². The van der Waals surface area contributed by atoms with Crippen molar-refractivity contribution in [2.45, 2.75) is 47.1 Å². The molecule has 0 bridgehead atoms. The molecule has 0 radical (unpaired) electrons. The summed E-state index contributed by atoms with van der Waals surface area (Å²) in [5.74, 6) is 0. The summed E-state index contributed by atoms with van der Waals surface area (Å²) in [5, 5.41) is 3.30. The van der Waals surface area contributed by atoms with E-state index in [0.717, 1.165) is 0 Å². The van der Waals surface area contributed by atoms with Gasteiger partial charge in [-0.25, -0.2) is 0 Å². The van der Waals surface area contributed by atoms with Crippen molar-refractivity contribution in [3.05, 3.63) is 12.3 Å². The van der Waals surface area contributed by atoms with Gasteiger partial charge in [-0.2, -0.15) is 0 Å². The van der Waals surface area contributed by atoms with Crippen LogP contribution in [0.15, 0.2) is 12.3 Å². The monoisotopic (exact) mass is 155 g/mol. The van der Waals surface area contributed by atoms with Gasteiger partial charge in [-0.05, 0) is 32.4 Å². The molecule has 0 rings (SSSR count). The molecular formula is C10H21N. The van der Waals surface area contributed by atoms with Gasteiger partial charge in [0.25, 0.3) is 0 Å². The molecule has 0 amide bonds. The van der Waals surface area contributed by atoms with Gasteiger partial charge in [0.05, 0.1) is 0 Å². The maximum Gasteiger partial charge on any atom is 0.0283 e. The van der Waals surface area contributed by atoms with Crippen LogP contribution in [0.2, 0.25) is 0 Å². The Morgan fingerprint density at radius 3 is 1.64 bits per heavy atom. The van der Waals surface area contributed by atoms with E-state index in [9.17, 15) is 0 Å². The molecule has 1 N–H and O–H groups in total. The lowest BCUT2D eigenvalue weighted by atomic mass is 9.97. The van der Waals surface area contributed by atoms with Crippen molar-refractivity contribution in [3.63, 3.8) is 0 Å². The minimum absolute atomic E-state index is 0.182. The van der Waals surface area contributed by atoms with E-state index in [2.05, 4.69) is 52.9 Å². The van der Waals surface area contributed by atoms with Gasteiger partial charge in [0.2, 0.25) is 0 Å². The molecule has 1 nitrogen and oxygen atoms in total. The third-order valence-corrected chi connectivity index (χ3v) is 1.10. The van der Waals surface area contributed by atoms with Gasteiger partial charge in [-0.1, -0.05) is 26.8 Å². The van der Waals surface area contributed by atoms with Crippen LogP contribution in [-0.4, -0.2) is 5.54 Å². The first kappa shape index (κ1) is 10.5. The van der Waals surface area contributed by atoms with Crippen molar-refractivity contribution in [1.82, 2.24) is 5.32 Å². The van der Waals surface area contributed by atoms with E-state index in [4.69, 9.17) is 0 Å². The van der Waals surface area contributed by atoms with Crippen molar-refractivity contribution in [2.75, 3.05) is 0 Å². The summed E-state index contributed by atoms with van der Waals surface area (Å²) in [6.07, 6.45) is 4.22. The van der Waals surface area contributed by atoms with Gasteiger partial charge >= 0.3 is 0 Å². The molecule has 1 heteroatoms. The molecule has 0 saturated carbocycles. The Bertz CT molecular complexity index is 132. The smallest absolute Gasteiger partial charge is 0.0283 e. The highest BCUT2D eigenvalue weighted by Gasteiger charge is 2.07. The number of rotatable bonds is 1. The van der Waals surface area contributed by atoms with E-state index in [0.29, 0.717) is 0 Å². The highest BCUT2D eigenvalue weighted by atomic mass is 14.9. The molecule has 11 heavy (non-hydrogen) atoms. The number of hydrogen-bond acceptors (Lipinski definition) is 1. The maximum atomic E-state index is 3.30. The molecule has 0 heterocycles. The zero-order chi connectivity index (χ0) is 9.12. The van der Waals surface area contributed by atoms with Crippen molar-refractivity contribution in [2.24, 2.45) is 5.41 Å². The Morgan fingerprint density at radius 1 is 0.909 bits per heavy atom. The first-order chi connectivity index (χ1) is 4.71. The highest BCUT2D eigenvalue weighted by Crippen LogP contribution is 2.14. The summed E-state index contributed by atoms with van der Waals surface area (Å²) in [6.45, 7) is 13.0. The quantitative estimate of drug-likeness (QED) is 0.614. The summed E-state index contributed by atoms with van der Waals surface area (Å²) >= 11 is 0. The topological polar surface area (TPSA) is 12.0 Å². The van der Waals surface area contributed by atoms with Crippen molar-refractivity contribution < 1.29 is 0 Å². The van der Waals surface area contributed by atoms with Gasteiger partial charge in [0.1, 0.15) is 0 Å². The van der Waals surface area contributed by atoms with Crippen LogP contribution in [0.1, 0.15) is 41.5 Å². The standard InChI is InChI=1S/C10H21N/c1-9(2,3)7-8-11-10(4,5)6/h7-8,11H,1-6H3/b8-7-. The molecule has 0 aliphatic rings. The lowest BCUT2D eigenvalue weighted by Crippen LogP contribution is -2.31. The Morgan fingerprint density at radius 2 is 1.36 bits per heavy atom. The van der Waals surface area contributed by atoms with E-state index >= 15 is 0 Å². The minimum atomic E-state index is 0.182. The number of nitrogens with one attached hydrogen (secondary N) is 1.